The summed E-state index contributed by atoms with van der Waals surface area (Å²) in [7, 11) is 0. The summed E-state index contributed by atoms with van der Waals surface area (Å²) < 4.78 is 0. The van der Waals surface area contributed by atoms with Gasteiger partial charge in [0.2, 0.25) is 0 Å². The van der Waals surface area contributed by atoms with Crippen molar-refractivity contribution < 1.29 is 30.0 Å². The lowest BCUT2D eigenvalue weighted by Crippen LogP contribution is -2.63. The normalized spacial score (nSPS) is 16.3. The van der Waals surface area contributed by atoms with E-state index in [1.165, 1.54) is 6.42 Å². The first-order valence-corrected chi connectivity index (χ1v) is 10.1. The molecule has 3 atom stereocenters. The van der Waals surface area contributed by atoms with E-state index < -0.39 is 30.3 Å². The van der Waals surface area contributed by atoms with Crippen molar-refractivity contribution in [3.63, 3.8) is 0 Å². The van der Waals surface area contributed by atoms with Gasteiger partial charge in [-0.15, -0.1) is 0 Å². The first kappa shape index (κ1) is 26.5. The monoisotopic (exact) mass is 399 g/mol. The van der Waals surface area contributed by atoms with Crippen molar-refractivity contribution in [3.8, 4) is 0 Å². The summed E-state index contributed by atoms with van der Waals surface area (Å²) in [5.41, 5.74) is 3.15. The summed E-state index contributed by atoms with van der Waals surface area (Å²) in [5, 5.41) is 37.7. The Morgan fingerprint density at radius 3 is 2.21 bits per heavy atom. The van der Waals surface area contributed by atoms with Crippen molar-refractivity contribution >= 4 is 11.8 Å². The van der Waals surface area contributed by atoms with Crippen LogP contribution in [0.1, 0.15) is 71.1 Å². The van der Waals surface area contributed by atoms with Crippen molar-refractivity contribution in [2.24, 2.45) is 5.73 Å². The predicted octanol–water partition coefficient (Wildman–Crippen LogP) is 2.08. The number of carboxylic acid groups (broad SMARTS) is 1. The first-order chi connectivity index (χ1) is 13.3. The Balaban J connectivity index is 3.92. The van der Waals surface area contributed by atoms with Gasteiger partial charge in [-0.05, 0) is 44.6 Å². The van der Waals surface area contributed by atoms with Gasteiger partial charge in [0, 0.05) is 6.42 Å². The van der Waals surface area contributed by atoms with Gasteiger partial charge in [-0.25, -0.2) is 0 Å². The van der Waals surface area contributed by atoms with Gasteiger partial charge in [0.15, 0.2) is 11.3 Å². The lowest BCUT2D eigenvalue weighted by molar-refractivity contribution is -0.155. The Morgan fingerprint density at radius 2 is 1.64 bits per heavy atom. The fourth-order valence-electron chi connectivity index (χ4n) is 2.66. The van der Waals surface area contributed by atoms with Crippen molar-refractivity contribution in [1.82, 2.24) is 0 Å². The van der Waals surface area contributed by atoms with Crippen LogP contribution >= 0.6 is 0 Å². The number of aliphatic hydroxyl groups excluding tert-OH is 3. The second-order valence-electron chi connectivity index (χ2n) is 7.19. The van der Waals surface area contributed by atoms with Gasteiger partial charge in [-0.2, -0.15) is 0 Å². The Hall–Kier alpha value is -1.54. The molecule has 7 heteroatoms. The van der Waals surface area contributed by atoms with Crippen molar-refractivity contribution in [3.05, 3.63) is 24.3 Å². The molecular weight excluding hydrogens is 362 g/mol. The van der Waals surface area contributed by atoms with Crippen molar-refractivity contribution in [2.45, 2.75) is 88.9 Å². The summed E-state index contributed by atoms with van der Waals surface area (Å²) in [5.74, 6) is -1.39. The van der Waals surface area contributed by atoms with Crippen LogP contribution in [0.3, 0.4) is 0 Å². The third-order valence-corrected chi connectivity index (χ3v) is 4.67. The van der Waals surface area contributed by atoms with Crippen LogP contribution in [0.25, 0.3) is 0 Å². The number of carbonyl (C=O) groups is 2. The minimum atomic E-state index is -2.28. The summed E-state index contributed by atoms with van der Waals surface area (Å²) >= 11 is 0. The standard InChI is InChI=1S/C21H37NO6/c1-2-3-4-10-13-17(24)14-11-8-6-5-7-9-12-15-18(25)19(26)21(22,16-23)20(27)28/h9,11-12,14,18-19,23,25-26H,2-8,10,13,15-16,22H2,1H3,(H,27,28)/b12-9+,14-11+/t18-,19+,21+/m1/s1. The molecule has 0 saturated carbocycles. The predicted molar refractivity (Wildman–Crippen MR) is 109 cm³/mol. The smallest absolute Gasteiger partial charge is 0.328 e. The second-order valence-corrected chi connectivity index (χ2v) is 7.19. The molecule has 28 heavy (non-hydrogen) atoms. The van der Waals surface area contributed by atoms with E-state index in [0.29, 0.717) is 6.42 Å². The maximum atomic E-state index is 11.6. The zero-order chi connectivity index (χ0) is 21.4. The van der Waals surface area contributed by atoms with Crippen LogP contribution in [0, 0.1) is 0 Å². The number of nitrogens with two attached hydrogens (primary N) is 1. The van der Waals surface area contributed by atoms with Gasteiger partial charge in [-0.3, -0.25) is 9.59 Å². The minimum Gasteiger partial charge on any atom is -0.480 e. The van der Waals surface area contributed by atoms with Gasteiger partial charge in [0.05, 0.1) is 12.7 Å². The molecule has 0 saturated heterocycles. The highest BCUT2D eigenvalue weighted by Crippen LogP contribution is 2.14. The molecule has 162 valence electrons. The van der Waals surface area contributed by atoms with E-state index in [-0.39, 0.29) is 12.2 Å². The van der Waals surface area contributed by atoms with Gasteiger partial charge in [0.1, 0.15) is 6.10 Å². The third-order valence-electron chi connectivity index (χ3n) is 4.67. The molecule has 0 rings (SSSR count). The number of aliphatic carboxylic acids is 1. The Kier molecular flexibility index (Phi) is 14.5. The van der Waals surface area contributed by atoms with E-state index in [0.717, 1.165) is 44.9 Å². The fourth-order valence-corrected chi connectivity index (χ4v) is 2.66. The van der Waals surface area contributed by atoms with Gasteiger partial charge in [0.25, 0.3) is 0 Å². The highest BCUT2D eigenvalue weighted by molar-refractivity contribution is 5.89. The number of ketones is 1. The molecule has 0 aromatic carbocycles. The molecule has 0 aliphatic heterocycles. The largest absolute Gasteiger partial charge is 0.480 e. The van der Waals surface area contributed by atoms with E-state index in [9.17, 15) is 19.8 Å². The maximum absolute atomic E-state index is 11.6. The minimum absolute atomic E-state index is 0.0415. The molecule has 0 aromatic heterocycles. The van der Waals surface area contributed by atoms with Crippen LogP contribution in [0.15, 0.2) is 24.3 Å². The maximum Gasteiger partial charge on any atom is 0.328 e. The molecule has 0 bridgehead atoms. The molecule has 0 aliphatic rings. The van der Waals surface area contributed by atoms with Crippen LogP contribution in [-0.4, -0.2) is 56.5 Å². The molecule has 7 nitrogen and oxygen atoms in total. The Morgan fingerprint density at radius 1 is 1.00 bits per heavy atom. The number of allylic oxidation sites excluding steroid dienone is 3. The van der Waals surface area contributed by atoms with E-state index in [4.69, 9.17) is 15.9 Å². The SMILES string of the molecule is CCCCCCC(=O)/C=C/CCCC/C=C/C[C@@H](O)[C@H](O)[C@@](N)(CO)C(=O)O. The van der Waals surface area contributed by atoms with E-state index >= 15 is 0 Å². The molecule has 0 aromatic rings. The molecule has 0 aliphatic carbocycles. The summed E-state index contributed by atoms with van der Waals surface area (Å²) in [6.45, 7) is 1.17. The van der Waals surface area contributed by atoms with Crippen molar-refractivity contribution in [1.29, 1.82) is 0 Å². The van der Waals surface area contributed by atoms with Crippen LogP contribution in [0.2, 0.25) is 0 Å². The Bertz CT molecular complexity index is 505. The number of carbonyl (C=O) groups excluding carboxylic acids is 1. The van der Waals surface area contributed by atoms with E-state index in [1.807, 2.05) is 12.2 Å². The zero-order valence-electron chi connectivity index (χ0n) is 16.9. The number of carboxylic acids is 1. The first-order valence-electron chi connectivity index (χ1n) is 10.1. The number of hydrogen-bond acceptors (Lipinski definition) is 6. The summed E-state index contributed by atoms with van der Waals surface area (Å²) in [4.78, 5) is 22.6. The van der Waals surface area contributed by atoms with Crippen LogP contribution < -0.4 is 5.73 Å². The second kappa shape index (κ2) is 15.4. The van der Waals surface area contributed by atoms with E-state index in [2.05, 4.69) is 6.92 Å². The van der Waals surface area contributed by atoms with Crippen molar-refractivity contribution in [2.75, 3.05) is 6.61 Å². The quantitative estimate of drug-likeness (QED) is 0.143. The average Bonchev–Trinajstić information content (AvgIpc) is 2.68. The molecule has 0 fully saturated rings. The van der Waals surface area contributed by atoms with Gasteiger partial charge >= 0.3 is 5.97 Å². The highest BCUT2D eigenvalue weighted by Gasteiger charge is 2.44. The number of hydrogen-bond donors (Lipinski definition) is 5. The highest BCUT2D eigenvalue weighted by atomic mass is 16.4. The van der Waals surface area contributed by atoms with Crippen LogP contribution in [0.5, 0.6) is 0 Å². The number of unbranched alkanes of at least 4 members (excludes halogenated alkanes) is 6. The molecule has 0 spiro atoms. The van der Waals surface area contributed by atoms with Gasteiger partial charge < -0.3 is 26.2 Å². The molecule has 6 N–H and O–H groups in total. The Labute approximate surface area is 167 Å². The number of aliphatic hydroxyl groups is 3. The number of rotatable bonds is 17. The third kappa shape index (κ3) is 10.7. The van der Waals surface area contributed by atoms with Gasteiger partial charge in [-0.1, -0.05) is 44.4 Å². The molecular formula is C21H37NO6. The lowest BCUT2D eigenvalue weighted by atomic mass is 9.89. The molecule has 0 radical (unpaired) electrons. The summed E-state index contributed by atoms with van der Waals surface area (Å²) in [6.07, 6.45) is 12.4. The molecule has 0 unspecified atom stereocenters. The van der Waals surface area contributed by atoms with Crippen LogP contribution in [0.4, 0.5) is 0 Å². The summed E-state index contributed by atoms with van der Waals surface area (Å²) in [6, 6.07) is 0. The average molecular weight is 400 g/mol. The van der Waals surface area contributed by atoms with Crippen LogP contribution in [-0.2, 0) is 9.59 Å². The fraction of sp³-hybridized carbons (Fsp3) is 0.714. The molecule has 0 amide bonds. The topological polar surface area (TPSA) is 141 Å². The zero-order valence-corrected chi connectivity index (χ0v) is 16.9. The lowest BCUT2D eigenvalue weighted by Gasteiger charge is -2.30. The molecule has 0 heterocycles. The van der Waals surface area contributed by atoms with E-state index in [1.54, 1.807) is 12.2 Å².